The molecule has 1 saturated heterocycles. The number of carbonyl (C=O) groups is 1. The Labute approximate surface area is 175 Å². The van der Waals surface area contributed by atoms with Gasteiger partial charge in [0.1, 0.15) is 12.3 Å². The number of hydrogen-bond acceptors (Lipinski definition) is 5. The second-order valence-corrected chi connectivity index (χ2v) is 7.61. The third-order valence-corrected chi connectivity index (χ3v) is 5.70. The maximum Gasteiger partial charge on any atom is 0.420 e. The molecule has 2 heterocycles. The van der Waals surface area contributed by atoms with Crippen molar-refractivity contribution in [2.45, 2.75) is 31.8 Å². The first-order valence-electron chi connectivity index (χ1n) is 10.4. The summed E-state index contributed by atoms with van der Waals surface area (Å²) in [6, 6.07) is 15.2. The molecule has 0 saturated carbocycles. The number of fused-ring (bicyclic) bond motifs is 1. The number of oxazole rings is 1. The van der Waals surface area contributed by atoms with E-state index in [4.69, 9.17) is 9.15 Å². The number of aromatic nitrogens is 1. The highest BCUT2D eigenvalue weighted by Crippen LogP contribution is 2.26. The Kier molecular flexibility index (Phi) is 6.18. The summed E-state index contributed by atoms with van der Waals surface area (Å²) in [5.41, 5.74) is 2.25. The van der Waals surface area contributed by atoms with Gasteiger partial charge >= 0.3 is 5.76 Å². The number of para-hydroxylation sites is 2. The van der Waals surface area contributed by atoms with Crippen molar-refractivity contribution in [1.82, 2.24) is 14.8 Å². The molecule has 7 heteroatoms. The summed E-state index contributed by atoms with van der Waals surface area (Å²) < 4.78 is 11.9. The lowest BCUT2D eigenvalue weighted by molar-refractivity contribution is -0.122. The van der Waals surface area contributed by atoms with Crippen LogP contribution < -0.4 is 15.8 Å². The van der Waals surface area contributed by atoms with Crippen LogP contribution in [0.4, 0.5) is 0 Å². The van der Waals surface area contributed by atoms with Gasteiger partial charge in [0, 0.05) is 6.54 Å². The van der Waals surface area contributed by atoms with Crippen molar-refractivity contribution in [2.75, 3.05) is 26.7 Å². The highest BCUT2D eigenvalue weighted by molar-refractivity contribution is 5.79. The van der Waals surface area contributed by atoms with Crippen molar-refractivity contribution in [2.24, 2.45) is 0 Å². The minimum absolute atomic E-state index is 0.0643. The predicted octanol–water partition coefficient (Wildman–Crippen LogP) is 2.95. The van der Waals surface area contributed by atoms with Gasteiger partial charge in [-0.3, -0.25) is 14.3 Å². The third-order valence-electron chi connectivity index (χ3n) is 5.70. The molecule has 0 aliphatic carbocycles. The number of methoxy groups -OCH3 is 1. The first kappa shape index (κ1) is 20.2. The van der Waals surface area contributed by atoms with Gasteiger partial charge in [-0.15, -0.1) is 0 Å². The van der Waals surface area contributed by atoms with Crippen LogP contribution in [-0.2, 0) is 11.3 Å². The highest BCUT2D eigenvalue weighted by atomic mass is 16.5. The Morgan fingerprint density at radius 2 is 1.83 bits per heavy atom. The summed E-state index contributed by atoms with van der Waals surface area (Å²) in [4.78, 5) is 27.2. The van der Waals surface area contributed by atoms with E-state index >= 15 is 0 Å². The number of hydrogen-bond donors (Lipinski definition) is 1. The summed E-state index contributed by atoms with van der Waals surface area (Å²) >= 11 is 0. The van der Waals surface area contributed by atoms with E-state index in [1.807, 2.05) is 18.2 Å². The average molecular weight is 409 g/mol. The Bertz CT molecular complexity index is 1050. The molecule has 1 aliphatic rings. The minimum Gasteiger partial charge on any atom is -0.497 e. The molecular formula is C23H27N3O4. The number of amides is 1. The molecular weight excluding hydrogens is 382 g/mol. The predicted molar refractivity (Wildman–Crippen MR) is 115 cm³/mol. The molecule has 1 amide bonds. The summed E-state index contributed by atoms with van der Waals surface area (Å²) in [6.07, 6.45) is 3.57. The van der Waals surface area contributed by atoms with Crippen molar-refractivity contribution in [3.8, 4) is 5.75 Å². The number of nitrogens with zero attached hydrogens (tertiary/aromatic N) is 2. The molecule has 0 spiro atoms. The van der Waals surface area contributed by atoms with E-state index in [1.54, 1.807) is 25.3 Å². The molecule has 158 valence electrons. The van der Waals surface area contributed by atoms with Gasteiger partial charge in [0.2, 0.25) is 5.91 Å². The normalized spacial score (nSPS) is 15.8. The zero-order valence-electron chi connectivity index (χ0n) is 17.2. The molecule has 7 nitrogen and oxygen atoms in total. The van der Waals surface area contributed by atoms with Gasteiger partial charge in [-0.1, -0.05) is 30.7 Å². The molecule has 4 rings (SSSR count). The van der Waals surface area contributed by atoms with E-state index < -0.39 is 5.76 Å². The van der Waals surface area contributed by atoms with Crippen LogP contribution in [0.1, 0.15) is 30.9 Å². The Balaban J connectivity index is 1.47. The fourth-order valence-electron chi connectivity index (χ4n) is 4.09. The number of ether oxygens (including phenoxy) is 1. The molecule has 1 fully saturated rings. The van der Waals surface area contributed by atoms with Gasteiger partial charge < -0.3 is 14.5 Å². The van der Waals surface area contributed by atoms with E-state index in [0.717, 1.165) is 37.2 Å². The van der Waals surface area contributed by atoms with Gasteiger partial charge in [-0.25, -0.2) is 4.79 Å². The van der Waals surface area contributed by atoms with E-state index in [2.05, 4.69) is 22.3 Å². The second kappa shape index (κ2) is 9.17. The number of rotatable bonds is 7. The number of carbonyl (C=O) groups excluding carboxylic acids is 1. The molecule has 1 aliphatic heterocycles. The van der Waals surface area contributed by atoms with Crippen molar-refractivity contribution in [3.63, 3.8) is 0 Å². The topological polar surface area (TPSA) is 76.7 Å². The molecule has 30 heavy (non-hydrogen) atoms. The Morgan fingerprint density at radius 1 is 1.10 bits per heavy atom. The van der Waals surface area contributed by atoms with Crippen LogP contribution in [0.15, 0.2) is 57.7 Å². The molecule has 0 bridgehead atoms. The van der Waals surface area contributed by atoms with Gasteiger partial charge in [-0.05, 0) is 55.8 Å². The van der Waals surface area contributed by atoms with Gasteiger partial charge in [0.05, 0.1) is 18.7 Å². The van der Waals surface area contributed by atoms with Crippen LogP contribution in [0.2, 0.25) is 0 Å². The zero-order valence-corrected chi connectivity index (χ0v) is 17.2. The van der Waals surface area contributed by atoms with Crippen LogP contribution in [0.3, 0.4) is 0 Å². The largest absolute Gasteiger partial charge is 0.497 e. The summed E-state index contributed by atoms with van der Waals surface area (Å²) in [7, 11) is 1.65. The van der Waals surface area contributed by atoms with E-state index in [9.17, 15) is 9.59 Å². The van der Waals surface area contributed by atoms with Crippen LogP contribution >= 0.6 is 0 Å². The lowest BCUT2D eigenvalue weighted by atomic mass is 10.0. The SMILES string of the molecule is COc1ccc([C@H](CNC(=O)Cn2c(=O)oc3ccccc32)N2CCCCC2)cc1. The van der Waals surface area contributed by atoms with Gasteiger partial charge in [-0.2, -0.15) is 0 Å². The molecule has 0 unspecified atom stereocenters. The fourth-order valence-corrected chi connectivity index (χ4v) is 4.09. The summed E-state index contributed by atoms with van der Waals surface area (Å²) in [5.74, 6) is 0.0830. The maximum absolute atomic E-state index is 12.7. The lowest BCUT2D eigenvalue weighted by Crippen LogP contribution is -2.41. The number of benzene rings is 2. The van der Waals surface area contributed by atoms with Crippen LogP contribution in [0.5, 0.6) is 5.75 Å². The Morgan fingerprint density at radius 3 is 2.57 bits per heavy atom. The summed E-state index contributed by atoms with van der Waals surface area (Å²) in [6.45, 7) is 2.44. The fraction of sp³-hybridized carbons (Fsp3) is 0.391. The average Bonchev–Trinajstić information content (AvgIpc) is 3.10. The van der Waals surface area contributed by atoms with Crippen molar-refractivity contribution in [3.05, 3.63) is 64.6 Å². The molecule has 0 radical (unpaired) electrons. The minimum atomic E-state index is -0.519. The number of piperidine rings is 1. The Hall–Kier alpha value is -3.06. The zero-order chi connectivity index (χ0) is 20.9. The van der Waals surface area contributed by atoms with E-state index in [-0.39, 0.29) is 18.5 Å². The third kappa shape index (κ3) is 4.41. The lowest BCUT2D eigenvalue weighted by Gasteiger charge is -2.35. The van der Waals surface area contributed by atoms with Crippen molar-refractivity contribution >= 4 is 17.0 Å². The molecule has 1 aromatic heterocycles. The van der Waals surface area contributed by atoms with E-state index in [1.165, 1.54) is 11.0 Å². The standard InChI is InChI=1S/C23H27N3O4/c1-29-18-11-9-17(10-12-18)20(25-13-5-2-6-14-25)15-24-22(27)16-26-19-7-3-4-8-21(19)30-23(26)28/h3-4,7-12,20H,2,5-6,13-16H2,1H3,(H,24,27)/t20-/m0/s1. The maximum atomic E-state index is 12.7. The summed E-state index contributed by atoms with van der Waals surface area (Å²) in [5, 5.41) is 3.02. The van der Waals surface area contributed by atoms with Gasteiger partial charge in [0.25, 0.3) is 0 Å². The first-order chi connectivity index (χ1) is 14.7. The molecule has 1 N–H and O–H groups in total. The van der Waals surface area contributed by atoms with Crippen LogP contribution in [-0.4, -0.2) is 42.1 Å². The van der Waals surface area contributed by atoms with Crippen LogP contribution in [0, 0.1) is 0 Å². The smallest absolute Gasteiger partial charge is 0.420 e. The molecule has 1 atom stereocenters. The van der Waals surface area contributed by atoms with Crippen LogP contribution in [0.25, 0.3) is 11.1 Å². The van der Waals surface area contributed by atoms with Crippen molar-refractivity contribution < 1.29 is 13.9 Å². The molecule has 3 aromatic rings. The van der Waals surface area contributed by atoms with Gasteiger partial charge in [0.15, 0.2) is 5.58 Å². The van der Waals surface area contributed by atoms with E-state index in [0.29, 0.717) is 17.6 Å². The second-order valence-electron chi connectivity index (χ2n) is 7.61. The first-order valence-corrected chi connectivity index (χ1v) is 10.4. The number of likely N-dealkylation sites (tertiary alicyclic amines) is 1. The molecule has 2 aromatic carbocycles. The van der Waals surface area contributed by atoms with Crippen molar-refractivity contribution in [1.29, 1.82) is 0 Å². The highest BCUT2D eigenvalue weighted by Gasteiger charge is 2.23. The monoisotopic (exact) mass is 409 g/mol. The quantitative estimate of drug-likeness (QED) is 0.649. The number of nitrogens with one attached hydrogen (secondary N) is 1.